The van der Waals surface area contributed by atoms with Crippen molar-refractivity contribution in [2.24, 2.45) is 0 Å². The highest BCUT2D eigenvalue weighted by Crippen LogP contribution is 2.40. The summed E-state index contributed by atoms with van der Waals surface area (Å²) in [5.41, 5.74) is -0.498. The molecule has 0 aliphatic carbocycles. The van der Waals surface area contributed by atoms with Crippen LogP contribution in [0, 0.1) is 5.82 Å². The summed E-state index contributed by atoms with van der Waals surface area (Å²) in [6, 6.07) is 0.672. The summed E-state index contributed by atoms with van der Waals surface area (Å²) in [5, 5.41) is 27.1. The van der Waals surface area contributed by atoms with E-state index >= 15 is 0 Å². The van der Waals surface area contributed by atoms with Gasteiger partial charge in [0.1, 0.15) is 5.82 Å². The number of aromatic hydroxyl groups is 1. The SMILES string of the molecule is COc1c(O)cc(F)c(C(O)C(=O)O)c1Br. The molecular formula is C9H8BrFO5. The van der Waals surface area contributed by atoms with Gasteiger partial charge in [0.05, 0.1) is 11.6 Å². The van der Waals surface area contributed by atoms with Crippen molar-refractivity contribution in [2.45, 2.75) is 6.10 Å². The first-order valence-corrected chi connectivity index (χ1v) is 4.85. The van der Waals surface area contributed by atoms with E-state index in [1.165, 1.54) is 7.11 Å². The number of aliphatic carboxylic acids is 1. The third-order valence-corrected chi connectivity index (χ3v) is 2.69. The van der Waals surface area contributed by atoms with E-state index in [0.717, 1.165) is 0 Å². The summed E-state index contributed by atoms with van der Waals surface area (Å²) in [5.74, 6) is -3.28. The van der Waals surface area contributed by atoms with Gasteiger partial charge in [0.25, 0.3) is 0 Å². The summed E-state index contributed by atoms with van der Waals surface area (Å²) >= 11 is 2.86. The summed E-state index contributed by atoms with van der Waals surface area (Å²) in [6.07, 6.45) is -2.04. The van der Waals surface area contributed by atoms with E-state index < -0.39 is 29.2 Å². The topological polar surface area (TPSA) is 87.0 Å². The largest absolute Gasteiger partial charge is 0.504 e. The lowest BCUT2D eigenvalue weighted by molar-refractivity contribution is -0.147. The first-order valence-electron chi connectivity index (χ1n) is 4.05. The van der Waals surface area contributed by atoms with Crippen molar-refractivity contribution in [3.8, 4) is 11.5 Å². The van der Waals surface area contributed by atoms with Crippen LogP contribution < -0.4 is 4.74 Å². The molecule has 0 aliphatic rings. The number of aliphatic hydroxyl groups excluding tert-OH is 1. The Morgan fingerprint density at radius 3 is 2.62 bits per heavy atom. The van der Waals surface area contributed by atoms with E-state index in [9.17, 15) is 19.4 Å². The standard InChI is InChI=1S/C9H8BrFO5/c1-16-8-4(12)2-3(11)5(6(8)10)7(13)9(14)15/h2,7,12-13H,1H3,(H,14,15). The van der Waals surface area contributed by atoms with Crippen LogP contribution in [0.5, 0.6) is 11.5 Å². The van der Waals surface area contributed by atoms with Crippen molar-refractivity contribution >= 4 is 21.9 Å². The molecule has 5 nitrogen and oxygen atoms in total. The zero-order valence-corrected chi connectivity index (χ0v) is 9.65. The van der Waals surface area contributed by atoms with Crippen LogP contribution in [0.1, 0.15) is 11.7 Å². The number of carbonyl (C=O) groups is 1. The van der Waals surface area contributed by atoms with Crippen molar-refractivity contribution in [1.29, 1.82) is 0 Å². The highest BCUT2D eigenvalue weighted by atomic mass is 79.9. The van der Waals surface area contributed by atoms with Gasteiger partial charge in [0.15, 0.2) is 17.6 Å². The van der Waals surface area contributed by atoms with Gasteiger partial charge in [-0.1, -0.05) is 0 Å². The van der Waals surface area contributed by atoms with Crippen LogP contribution in [-0.4, -0.2) is 28.4 Å². The van der Waals surface area contributed by atoms with Gasteiger partial charge < -0.3 is 20.1 Å². The molecular weight excluding hydrogens is 287 g/mol. The molecule has 88 valence electrons. The predicted octanol–water partition coefficient (Wildman–Crippen LogP) is 1.42. The average molecular weight is 295 g/mol. The van der Waals surface area contributed by atoms with Crippen LogP contribution in [0.15, 0.2) is 10.5 Å². The van der Waals surface area contributed by atoms with Gasteiger partial charge in [-0.15, -0.1) is 0 Å². The molecule has 0 aromatic heterocycles. The summed E-state index contributed by atoms with van der Waals surface area (Å²) in [7, 11) is 1.22. The normalized spacial score (nSPS) is 12.2. The monoisotopic (exact) mass is 294 g/mol. The smallest absolute Gasteiger partial charge is 0.337 e. The fourth-order valence-corrected chi connectivity index (χ4v) is 1.94. The molecule has 0 heterocycles. The van der Waals surface area contributed by atoms with Gasteiger partial charge >= 0.3 is 5.97 Å². The van der Waals surface area contributed by atoms with E-state index in [1.807, 2.05) is 0 Å². The van der Waals surface area contributed by atoms with Gasteiger partial charge in [-0.25, -0.2) is 9.18 Å². The lowest BCUT2D eigenvalue weighted by Gasteiger charge is -2.13. The van der Waals surface area contributed by atoms with Crippen LogP contribution >= 0.6 is 15.9 Å². The van der Waals surface area contributed by atoms with Crippen LogP contribution in [0.3, 0.4) is 0 Å². The number of phenols is 1. The van der Waals surface area contributed by atoms with Crippen molar-refractivity contribution in [3.05, 3.63) is 21.9 Å². The number of benzene rings is 1. The number of rotatable bonds is 3. The molecule has 1 aromatic rings. The number of phenolic OH excluding ortho intramolecular Hbond substituents is 1. The van der Waals surface area contributed by atoms with Gasteiger partial charge in [0.2, 0.25) is 0 Å². The Kier molecular flexibility index (Phi) is 3.71. The highest BCUT2D eigenvalue weighted by Gasteiger charge is 2.27. The second kappa shape index (κ2) is 4.67. The molecule has 1 unspecified atom stereocenters. The molecule has 7 heteroatoms. The van der Waals surface area contributed by atoms with E-state index in [0.29, 0.717) is 6.07 Å². The van der Waals surface area contributed by atoms with Crippen molar-refractivity contribution < 1.29 is 29.2 Å². The molecule has 0 radical (unpaired) electrons. The zero-order chi connectivity index (χ0) is 12.5. The van der Waals surface area contributed by atoms with Crippen LogP contribution in [-0.2, 0) is 4.79 Å². The number of aliphatic hydroxyl groups is 1. The van der Waals surface area contributed by atoms with Crippen LogP contribution in [0.25, 0.3) is 0 Å². The third-order valence-electron chi connectivity index (χ3n) is 1.90. The number of hydrogen-bond acceptors (Lipinski definition) is 4. The molecule has 0 saturated carbocycles. The Labute approximate surface area is 98.2 Å². The maximum absolute atomic E-state index is 13.4. The molecule has 1 rings (SSSR count). The number of ether oxygens (including phenoxy) is 1. The Morgan fingerprint density at radius 2 is 2.19 bits per heavy atom. The summed E-state index contributed by atoms with van der Waals surface area (Å²) < 4.78 is 18.0. The molecule has 0 spiro atoms. The Hall–Kier alpha value is -1.34. The number of hydrogen-bond donors (Lipinski definition) is 3. The minimum atomic E-state index is -2.04. The van der Waals surface area contributed by atoms with Crippen molar-refractivity contribution in [3.63, 3.8) is 0 Å². The number of methoxy groups -OCH3 is 1. The fourth-order valence-electron chi connectivity index (χ4n) is 1.17. The van der Waals surface area contributed by atoms with Gasteiger partial charge in [-0.2, -0.15) is 0 Å². The molecule has 1 aromatic carbocycles. The quantitative estimate of drug-likeness (QED) is 0.785. The lowest BCUT2D eigenvalue weighted by atomic mass is 10.1. The van der Waals surface area contributed by atoms with Crippen LogP contribution in [0.4, 0.5) is 4.39 Å². The summed E-state index contributed by atoms with van der Waals surface area (Å²) in [4.78, 5) is 10.5. The van der Waals surface area contributed by atoms with Gasteiger partial charge in [-0.3, -0.25) is 0 Å². The lowest BCUT2D eigenvalue weighted by Crippen LogP contribution is -2.13. The van der Waals surface area contributed by atoms with Gasteiger partial charge in [0, 0.05) is 11.6 Å². The number of halogens is 2. The van der Waals surface area contributed by atoms with Crippen molar-refractivity contribution in [2.75, 3.05) is 7.11 Å². The predicted molar refractivity (Wildman–Crippen MR) is 54.9 cm³/mol. The average Bonchev–Trinajstić information content (AvgIpc) is 2.17. The Morgan fingerprint density at radius 1 is 1.62 bits per heavy atom. The molecule has 0 saturated heterocycles. The number of carboxylic acid groups (broad SMARTS) is 1. The Balaban J connectivity index is 3.45. The first kappa shape index (κ1) is 12.7. The molecule has 0 amide bonds. The van der Waals surface area contributed by atoms with Crippen molar-refractivity contribution in [1.82, 2.24) is 0 Å². The molecule has 0 aliphatic heterocycles. The minimum absolute atomic E-state index is 0.137. The van der Waals surface area contributed by atoms with E-state index in [1.54, 1.807) is 0 Å². The molecule has 1 atom stereocenters. The van der Waals surface area contributed by atoms with E-state index in [2.05, 4.69) is 15.9 Å². The maximum Gasteiger partial charge on any atom is 0.337 e. The summed E-state index contributed by atoms with van der Waals surface area (Å²) in [6.45, 7) is 0. The second-order valence-electron chi connectivity index (χ2n) is 2.88. The van der Waals surface area contributed by atoms with E-state index in [-0.39, 0.29) is 10.2 Å². The Bertz CT molecular complexity index is 434. The molecule has 0 fully saturated rings. The highest BCUT2D eigenvalue weighted by molar-refractivity contribution is 9.10. The zero-order valence-electron chi connectivity index (χ0n) is 8.07. The minimum Gasteiger partial charge on any atom is -0.504 e. The van der Waals surface area contributed by atoms with Crippen LogP contribution in [0.2, 0.25) is 0 Å². The third kappa shape index (κ3) is 2.10. The second-order valence-corrected chi connectivity index (χ2v) is 3.67. The fraction of sp³-hybridized carbons (Fsp3) is 0.222. The first-order chi connectivity index (χ1) is 7.40. The van der Waals surface area contributed by atoms with E-state index in [4.69, 9.17) is 9.84 Å². The number of carboxylic acids is 1. The molecule has 3 N–H and O–H groups in total. The molecule has 0 bridgehead atoms. The molecule has 16 heavy (non-hydrogen) atoms. The van der Waals surface area contributed by atoms with Gasteiger partial charge in [-0.05, 0) is 15.9 Å². The maximum atomic E-state index is 13.4.